The van der Waals surface area contributed by atoms with Crippen molar-refractivity contribution < 1.29 is 18.4 Å². The van der Waals surface area contributed by atoms with E-state index in [1.165, 1.54) is 29.2 Å². The van der Waals surface area contributed by atoms with Gasteiger partial charge >= 0.3 is 0 Å². The average Bonchev–Trinajstić information content (AvgIpc) is 2.92. The van der Waals surface area contributed by atoms with Gasteiger partial charge in [0.05, 0.1) is 11.6 Å². The van der Waals surface area contributed by atoms with Crippen LogP contribution in [-0.4, -0.2) is 18.4 Å². The van der Waals surface area contributed by atoms with Crippen molar-refractivity contribution in [2.45, 2.75) is 20.3 Å². The Balaban J connectivity index is 1.74. The van der Waals surface area contributed by atoms with Gasteiger partial charge in [-0.2, -0.15) is 0 Å². The molecule has 2 aromatic rings. The van der Waals surface area contributed by atoms with Crippen molar-refractivity contribution in [2.75, 3.05) is 16.8 Å². The molecule has 0 radical (unpaired) electrons. The molecule has 1 unspecified atom stereocenters. The third-order valence-electron chi connectivity index (χ3n) is 4.34. The van der Waals surface area contributed by atoms with Crippen LogP contribution in [0.4, 0.5) is 20.2 Å². The lowest BCUT2D eigenvalue weighted by molar-refractivity contribution is -0.122. The zero-order valence-electron chi connectivity index (χ0n) is 14.0. The lowest BCUT2D eigenvalue weighted by Gasteiger charge is -2.18. The first-order chi connectivity index (χ1) is 11.8. The molecule has 2 aromatic carbocycles. The summed E-state index contributed by atoms with van der Waals surface area (Å²) < 4.78 is 27.3. The Kier molecular flexibility index (Phi) is 4.53. The lowest BCUT2D eigenvalue weighted by Crippen LogP contribution is -2.28. The van der Waals surface area contributed by atoms with Gasteiger partial charge in [-0.3, -0.25) is 9.59 Å². The first kappa shape index (κ1) is 17.1. The minimum Gasteiger partial charge on any atom is -0.326 e. The highest BCUT2D eigenvalue weighted by atomic mass is 19.1. The summed E-state index contributed by atoms with van der Waals surface area (Å²) in [5.74, 6) is -2.08. The second kappa shape index (κ2) is 6.63. The number of benzene rings is 2. The predicted octanol–water partition coefficient (Wildman–Crippen LogP) is 3.57. The number of nitrogens with zero attached hydrogens (tertiary/aromatic N) is 1. The molecular formula is C19H18F2N2O2. The smallest absolute Gasteiger partial charge is 0.229 e. The van der Waals surface area contributed by atoms with Crippen LogP contribution in [0.2, 0.25) is 0 Å². The Morgan fingerprint density at radius 3 is 2.60 bits per heavy atom. The Hall–Kier alpha value is -2.76. The maximum Gasteiger partial charge on any atom is 0.229 e. The molecule has 0 bridgehead atoms. The number of anilines is 2. The van der Waals surface area contributed by atoms with Gasteiger partial charge in [0, 0.05) is 18.7 Å². The Bertz CT molecular complexity index is 851. The molecule has 0 spiro atoms. The zero-order valence-corrected chi connectivity index (χ0v) is 14.0. The van der Waals surface area contributed by atoms with E-state index in [0.717, 1.165) is 5.56 Å². The van der Waals surface area contributed by atoms with Gasteiger partial charge in [-0.15, -0.1) is 0 Å². The van der Waals surface area contributed by atoms with Crippen molar-refractivity contribution in [2.24, 2.45) is 5.92 Å². The number of rotatable bonds is 3. The summed E-state index contributed by atoms with van der Waals surface area (Å²) in [5.41, 5.74) is 2.04. The highest BCUT2D eigenvalue weighted by Crippen LogP contribution is 2.29. The van der Waals surface area contributed by atoms with Crippen LogP contribution < -0.4 is 10.2 Å². The van der Waals surface area contributed by atoms with Gasteiger partial charge < -0.3 is 10.2 Å². The number of hydrogen-bond acceptors (Lipinski definition) is 2. The standard InChI is InChI=1S/C19H18F2N2O2/c1-11-3-6-17(15(21)7-11)23-10-13(9-18(23)24)19(25)22-16-5-4-14(20)8-12(16)2/h3-8,13H,9-10H2,1-2H3,(H,22,25). The third-order valence-corrected chi connectivity index (χ3v) is 4.34. The van der Waals surface area contributed by atoms with E-state index in [1.807, 2.05) is 0 Å². The fourth-order valence-electron chi connectivity index (χ4n) is 2.95. The molecule has 130 valence electrons. The summed E-state index contributed by atoms with van der Waals surface area (Å²) in [6.07, 6.45) is 0.0133. The van der Waals surface area contributed by atoms with Gasteiger partial charge in [-0.1, -0.05) is 6.07 Å². The van der Waals surface area contributed by atoms with Gasteiger partial charge in [-0.05, 0) is 55.3 Å². The highest BCUT2D eigenvalue weighted by Gasteiger charge is 2.36. The number of nitrogens with one attached hydrogen (secondary N) is 1. The first-order valence-electron chi connectivity index (χ1n) is 7.98. The largest absolute Gasteiger partial charge is 0.326 e. The van der Waals surface area contributed by atoms with Crippen LogP contribution in [-0.2, 0) is 9.59 Å². The quantitative estimate of drug-likeness (QED) is 0.925. The summed E-state index contributed by atoms with van der Waals surface area (Å²) in [4.78, 5) is 26.0. The Morgan fingerprint density at radius 1 is 1.16 bits per heavy atom. The molecule has 6 heteroatoms. The molecule has 2 amide bonds. The number of amides is 2. The molecule has 0 aliphatic carbocycles. The third kappa shape index (κ3) is 3.52. The molecule has 0 saturated carbocycles. The number of carbonyl (C=O) groups is 2. The van der Waals surface area contributed by atoms with Crippen LogP contribution in [0.1, 0.15) is 17.5 Å². The number of carbonyl (C=O) groups excluding carboxylic acids is 2. The van der Waals surface area contributed by atoms with E-state index in [9.17, 15) is 18.4 Å². The SMILES string of the molecule is Cc1ccc(N2CC(C(=O)Nc3ccc(F)cc3C)CC2=O)c(F)c1. The van der Waals surface area contributed by atoms with Crippen molar-refractivity contribution in [1.29, 1.82) is 0 Å². The van der Waals surface area contributed by atoms with Crippen LogP contribution in [0, 0.1) is 31.4 Å². The molecule has 25 heavy (non-hydrogen) atoms. The minimum absolute atomic E-state index is 0.0133. The molecule has 1 fully saturated rings. The first-order valence-corrected chi connectivity index (χ1v) is 7.98. The fourth-order valence-corrected chi connectivity index (χ4v) is 2.95. The van der Waals surface area contributed by atoms with E-state index in [4.69, 9.17) is 0 Å². The van der Waals surface area contributed by atoms with Crippen LogP contribution in [0.25, 0.3) is 0 Å². The van der Waals surface area contributed by atoms with Crippen molar-refractivity contribution >= 4 is 23.2 Å². The molecule has 1 aliphatic rings. The normalized spacial score (nSPS) is 17.0. The summed E-state index contributed by atoms with van der Waals surface area (Å²) in [6, 6.07) is 8.70. The molecule has 1 atom stereocenters. The van der Waals surface area contributed by atoms with Crippen molar-refractivity contribution in [3.8, 4) is 0 Å². The van der Waals surface area contributed by atoms with E-state index in [0.29, 0.717) is 11.3 Å². The monoisotopic (exact) mass is 344 g/mol. The zero-order chi connectivity index (χ0) is 18.1. The molecule has 0 aromatic heterocycles. The van der Waals surface area contributed by atoms with Gasteiger partial charge in [0.1, 0.15) is 11.6 Å². The van der Waals surface area contributed by atoms with E-state index in [1.54, 1.807) is 26.0 Å². The molecule has 1 N–H and O–H groups in total. The van der Waals surface area contributed by atoms with Gasteiger partial charge in [0.25, 0.3) is 0 Å². The lowest BCUT2D eigenvalue weighted by atomic mass is 10.1. The Morgan fingerprint density at radius 2 is 1.92 bits per heavy atom. The Labute approximate surface area is 144 Å². The van der Waals surface area contributed by atoms with Crippen LogP contribution in [0.5, 0.6) is 0 Å². The van der Waals surface area contributed by atoms with Crippen molar-refractivity contribution in [3.63, 3.8) is 0 Å². The average molecular weight is 344 g/mol. The second-order valence-corrected chi connectivity index (χ2v) is 6.31. The van der Waals surface area contributed by atoms with Crippen LogP contribution >= 0.6 is 0 Å². The van der Waals surface area contributed by atoms with Crippen molar-refractivity contribution in [1.82, 2.24) is 0 Å². The maximum atomic E-state index is 14.1. The highest BCUT2D eigenvalue weighted by molar-refractivity contribution is 6.03. The molecule has 3 rings (SSSR count). The fraction of sp³-hybridized carbons (Fsp3) is 0.263. The van der Waals surface area contributed by atoms with E-state index < -0.39 is 11.7 Å². The summed E-state index contributed by atoms with van der Waals surface area (Å²) in [7, 11) is 0. The predicted molar refractivity (Wildman–Crippen MR) is 91.4 cm³/mol. The van der Waals surface area contributed by atoms with E-state index >= 15 is 0 Å². The van der Waals surface area contributed by atoms with Crippen molar-refractivity contribution in [3.05, 3.63) is 59.2 Å². The number of hydrogen-bond donors (Lipinski definition) is 1. The van der Waals surface area contributed by atoms with E-state index in [2.05, 4.69) is 5.32 Å². The molecule has 1 heterocycles. The number of halogens is 2. The molecule has 1 aliphatic heterocycles. The minimum atomic E-state index is -0.586. The molecular weight excluding hydrogens is 326 g/mol. The van der Waals surface area contributed by atoms with Crippen LogP contribution in [0.15, 0.2) is 36.4 Å². The van der Waals surface area contributed by atoms with Gasteiger partial charge in [0.2, 0.25) is 11.8 Å². The second-order valence-electron chi connectivity index (χ2n) is 6.31. The topological polar surface area (TPSA) is 49.4 Å². The molecule has 1 saturated heterocycles. The number of aryl methyl sites for hydroxylation is 2. The summed E-state index contributed by atoms with van der Waals surface area (Å²) in [5, 5.41) is 2.72. The van der Waals surface area contributed by atoms with Gasteiger partial charge in [0.15, 0.2) is 0 Å². The maximum absolute atomic E-state index is 14.1. The van der Waals surface area contributed by atoms with Gasteiger partial charge in [-0.25, -0.2) is 8.78 Å². The van der Waals surface area contributed by atoms with E-state index in [-0.39, 0.29) is 36.3 Å². The summed E-state index contributed by atoms with van der Waals surface area (Å²) >= 11 is 0. The van der Waals surface area contributed by atoms with Crippen LogP contribution in [0.3, 0.4) is 0 Å². The molecule has 4 nitrogen and oxygen atoms in total. The summed E-state index contributed by atoms with van der Waals surface area (Å²) in [6.45, 7) is 3.57.